The molecule has 1 atom stereocenters. The van der Waals surface area contributed by atoms with E-state index in [1.54, 1.807) is 18.9 Å². The molecule has 0 unspecified atom stereocenters. The number of hydrogen-bond donors (Lipinski definition) is 1. The zero-order chi connectivity index (χ0) is 19.5. The van der Waals surface area contributed by atoms with Gasteiger partial charge in [0.05, 0.1) is 6.42 Å². The van der Waals surface area contributed by atoms with Crippen molar-refractivity contribution < 1.29 is 14.3 Å². The molecule has 0 radical (unpaired) electrons. The molecule has 2 amide bonds. The quantitative estimate of drug-likeness (QED) is 0.656. The third-order valence-electron chi connectivity index (χ3n) is 4.39. The molecule has 0 aliphatic carbocycles. The zero-order valence-corrected chi connectivity index (χ0v) is 16.1. The van der Waals surface area contributed by atoms with E-state index in [0.717, 1.165) is 17.5 Å². The Morgan fingerprint density at radius 3 is 2.19 bits per heavy atom. The number of ether oxygens (including phenoxy) is 1. The molecule has 0 fully saturated rings. The highest BCUT2D eigenvalue weighted by Crippen LogP contribution is 2.12. The molecule has 0 aliphatic heterocycles. The van der Waals surface area contributed by atoms with Crippen molar-refractivity contribution in [2.75, 3.05) is 20.3 Å². The molecule has 0 bridgehead atoms. The third kappa shape index (κ3) is 6.87. The molecule has 0 heterocycles. The van der Waals surface area contributed by atoms with Gasteiger partial charge in [-0.3, -0.25) is 9.59 Å². The van der Waals surface area contributed by atoms with Crippen LogP contribution in [0.5, 0.6) is 0 Å². The Kier molecular flexibility index (Phi) is 8.52. The summed E-state index contributed by atoms with van der Waals surface area (Å²) < 4.78 is 5.00. The first-order chi connectivity index (χ1) is 13.1. The van der Waals surface area contributed by atoms with Crippen LogP contribution in [0.2, 0.25) is 0 Å². The van der Waals surface area contributed by atoms with Gasteiger partial charge in [-0.1, -0.05) is 60.7 Å². The highest BCUT2D eigenvalue weighted by atomic mass is 16.5. The topological polar surface area (TPSA) is 58.6 Å². The molecular weight excluding hydrogens is 340 g/mol. The largest absolute Gasteiger partial charge is 0.385 e. The summed E-state index contributed by atoms with van der Waals surface area (Å²) in [6, 6.07) is 18.8. The fourth-order valence-electron chi connectivity index (χ4n) is 2.81. The minimum atomic E-state index is -0.552. The van der Waals surface area contributed by atoms with Crippen molar-refractivity contribution in [1.82, 2.24) is 10.2 Å². The number of carbonyl (C=O) groups is 2. The van der Waals surface area contributed by atoms with Crippen molar-refractivity contribution >= 4 is 11.8 Å². The smallest absolute Gasteiger partial charge is 0.242 e. The molecule has 27 heavy (non-hydrogen) atoms. The Balaban J connectivity index is 2.08. The number of hydrogen-bond acceptors (Lipinski definition) is 3. The number of nitrogens with one attached hydrogen (secondary N) is 1. The van der Waals surface area contributed by atoms with Crippen molar-refractivity contribution in [3.63, 3.8) is 0 Å². The third-order valence-corrected chi connectivity index (χ3v) is 4.39. The lowest BCUT2D eigenvalue weighted by Crippen LogP contribution is -2.48. The summed E-state index contributed by atoms with van der Waals surface area (Å²) in [7, 11) is 1.63. The highest BCUT2D eigenvalue weighted by molar-refractivity contribution is 5.88. The molecule has 0 saturated heterocycles. The van der Waals surface area contributed by atoms with Gasteiger partial charge in [-0.2, -0.15) is 0 Å². The normalized spacial score (nSPS) is 11.6. The molecule has 2 rings (SSSR count). The maximum Gasteiger partial charge on any atom is 0.242 e. The molecule has 2 aromatic rings. The van der Waals surface area contributed by atoms with Crippen LogP contribution >= 0.6 is 0 Å². The van der Waals surface area contributed by atoms with Crippen LogP contribution in [0.25, 0.3) is 0 Å². The van der Waals surface area contributed by atoms with Crippen LogP contribution in [-0.4, -0.2) is 43.0 Å². The fourth-order valence-corrected chi connectivity index (χ4v) is 2.81. The number of amides is 2. The minimum Gasteiger partial charge on any atom is -0.385 e. The Bertz CT molecular complexity index is 704. The molecule has 0 spiro atoms. The average molecular weight is 368 g/mol. The molecule has 1 N–H and O–H groups in total. The first kappa shape index (κ1) is 20.6. The summed E-state index contributed by atoms with van der Waals surface area (Å²) in [6.45, 7) is 3.30. The van der Waals surface area contributed by atoms with Crippen molar-refractivity contribution in [3.05, 3.63) is 71.8 Å². The van der Waals surface area contributed by atoms with E-state index in [0.29, 0.717) is 19.7 Å². The second kappa shape index (κ2) is 11.1. The molecule has 0 aromatic heterocycles. The summed E-state index contributed by atoms with van der Waals surface area (Å²) in [5.74, 6) is -0.215. The molecule has 5 nitrogen and oxygen atoms in total. The van der Waals surface area contributed by atoms with Crippen LogP contribution in [0.3, 0.4) is 0 Å². The second-order valence-electron chi connectivity index (χ2n) is 6.48. The van der Waals surface area contributed by atoms with Gasteiger partial charge >= 0.3 is 0 Å². The lowest BCUT2D eigenvalue weighted by Gasteiger charge is -2.29. The number of methoxy groups -OCH3 is 1. The van der Waals surface area contributed by atoms with Gasteiger partial charge in [-0.25, -0.2) is 0 Å². The molecule has 0 aliphatic rings. The van der Waals surface area contributed by atoms with E-state index < -0.39 is 6.04 Å². The molecule has 144 valence electrons. The van der Waals surface area contributed by atoms with Crippen LogP contribution in [0, 0.1) is 0 Å². The summed E-state index contributed by atoms with van der Waals surface area (Å²) in [6.07, 6.45) is 1.01. The van der Waals surface area contributed by atoms with Crippen LogP contribution < -0.4 is 5.32 Å². The van der Waals surface area contributed by atoms with E-state index in [1.165, 1.54) is 0 Å². The standard InChI is InChI=1S/C22H28N2O3/c1-18(22(26)23-14-9-15-27-2)24(17-20-12-7-4-8-13-20)21(25)16-19-10-5-3-6-11-19/h3-8,10-13,18H,9,14-17H2,1-2H3,(H,23,26)/t18-/m1/s1. The van der Waals surface area contributed by atoms with Crippen LogP contribution in [0.15, 0.2) is 60.7 Å². The van der Waals surface area contributed by atoms with Gasteiger partial charge in [0.1, 0.15) is 6.04 Å². The SMILES string of the molecule is COCCCNC(=O)[C@@H](C)N(Cc1ccccc1)C(=O)Cc1ccccc1. The van der Waals surface area contributed by atoms with Crippen molar-refractivity contribution in [3.8, 4) is 0 Å². The van der Waals surface area contributed by atoms with Crippen LogP contribution in [-0.2, 0) is 27.3 Å². The molecule has 0 saturated carbocycles. The number of rotatable bonds is 10. The monoisotopic (exact) mass is 368 g/mol. The zero-order valence-electron chi connectivity index (χ0n) is 16.1. The first-order valence-corrected chi connectivity index (χ1v) is 9.25. The molecular formula is C22H28N2O3. The van der Waals surface area contributed by atoms with Gasteiger partial charge in [0.2, 0.25) is 11.8 Å². The maximum absolute atomic E-state index is 13.0. The fraction of sp³-hybridized carbons (Fsp3) is 0.364. The van der Waals surface area contributed by atoms with Gasteiger partial charge in [0, 0.05) is 26.8 Å². The van der Waals surface area contributed by atoms with E-state index in [2.05, 4.69) is 5.32 Å². The lowest BCUT2D eigenvalue weighted by atomic mass is 10.1. The number of benzene rings is 2. The lowest BCUT2D eigenvalue weighted by molar-refractivity contribution is -0.140. The minimum absolute atomic E-state index is 0.0652. The van der Waals surface area contributed by atoms with Crippen LogP contribution in [0.4, 0.5) is 0 Å². The van der Waals surface area contributed by atoms with Crippen molar-refractivity contribution in [2.24, 2.45) is 0 Å². The molecule has 2 aromatic carbocycles. The van der Waals surface area contributed by atoms with E-state index in [1.807, 2.05) is 60.7 Å². The number of nitrogens with zero attached hydrogens (tertiary/aromatic N) is 1. The summed E-state index contributed by atoms with van der Waals surface area (Å²) >= 11 is 0. The van der Waals surface area contributed by atoms with E-state index in [-0.39, 0.29) is 18.2 Å². The van der Waals surface area contributed by atoms with Gasteiger partial charge in [0.25, 0.3) is 0 Å². The van der Waals surface area contributed by atoms with Crippen molar-refractivity contribution in [1.29, 1.82) is 0 Å². The highest BCUT2D eigenvalue weighted by Gasteiger charge is 2.25. The predicted molar refractivity (Wildman–Crippen MR) is 106 cm³/mol. The Labute approximate surface area is 161 Å². The van der Waals surface area contributed by atoms with Crippen LogP contribution in [0.1, 0.15) is 24.5 Å². The first-order valence-electron chi connectivity index (χ1n) is 9.25. The second-order valence-corrected chi connectivity index (χ2v) is 6.48. The van der Waals surface area contributed by atoms with E-state index in [4.69, 9.17) is 4.74 Å². The van der Waals surface area contributed by atoms with E-state index in [9.17, 15) is 9.59 Å². The predicted octanol–water partition coefficient (Wildman–Crippen LogP) is 2.80. The Hall–Kier alpha value is -2.66. The van der Waals surface area contributed by atoms with Gasteiger partial charge < -0.3 is 15.0 Å². The Morgan fingerprint density at radius 1 is 1.00 bits per heavy atom. The maximum atomic E-state index is 13.0. The summed E-state index contributed by atoms with van der Waals surface area (Å²) in [4.78, 5) is 27.2. The van der Waals surface area contributed by atoms with Gasteiger partial charge in [-0.15, -0.1) is 0 Å². The van der Waals surface area contributed by atoms with Gasteiger partial charge in [-0.05, 0) is 24.5 Å². The van der Waals surface area contributed by atoms with Gasteiger partial charge in [0.15, 0.2) is 0 Å². The van der Waals surface area contributed by atoms with Crippen molar-refractivity contribution in [2.45, 2.75) is 32.4 Å². The number of carbonyl (C=O) groups excluding carboxylic acids is 2. The van der Waals surface area contributed by atoms with E-state index >= 15 is 0 Å². The Morgan fingerprint density at radius 2 is 1.59 bits per heavy atom. The summed E-state index contributed by atoms with van der Waals surface area (Å²) in [5.41, 5.74) is 1.94. The summed E-state index contributed by atoms with van der Waals surface area (Å²) in [5, 5.41) is 2.89. The molecule has 5 heteroatoms. The average Bonchev–Trinajstić information content (AvgIpc) is 2.70.